The molecule has 0 aromatic heterocycles. The summed E-state index contributed by atoms with van der Waals surface area (Å²) >= 11 is 0. The van der Waals surface area contributed by atoms with Gasteiger partial charge in [-0.25, -0.2) is 4.79 Å². The van der Waals surface area contributed by atoms with E-state index in [2.05, 4.69) is 0 Å². The lowest BCUT2D eigenvalue weighted by Gasteiger charge is -2.09. The van der Waals surface area contributed by atoms with Gasteiger partial charge in [-0.1, -0.05) is 0 Å². The summed E-state index contributed by atoms with van der Waals surface area (Å²) in [6.07, 6.45) is 1.99. The second-order valence-corrected chi connectivity index (χ2v) is 2.53. The number of carbonyl (C=O) groups excluding carboxylic acids is 1. The predicted octanol–water partition coefficient (Wildman–Crippen LogP) is 0.599. The fourth-order valence-electron chi connectivity index (χ4n) is 0.833. The zero-order chi connectivity index (χ0) is 8.69. The number of hydrogen-bond donors (Lipinski definition) is 2. The van der Waals surface area contributed by atoms with Gasteiger partial charge in [0, 0.05) is 0 Å². The van der Waals surface area contributed by atoms with Crippen molar-refractivity contribution in [3.63, 3.8) is 0 Å². The number of carbonyl (C=O) groups is 1. The molecule has 4 N–H and O–H groups in total. The lowest BCUT2D eigenvalue weighted by atomic mass is 10.2. The molecule has 0 aromatic rings. The van der Waals surface area contributed by atoms with Crippen molar-refractivity contribution in [3.8, 4) is 0 Å². The third kappa shape index (κ3) is 7.12. The van der Waals surface area contributed by atoms with Crippen LogP contribution in [0.15, 0.2) is 0 Å². The highest BCUT2D eigenvalue weighted by molar-refractivity contribution is 5.64. The van der Waals surface area contributed by atoms with Crippen molar-refractivity contribution < 1.29 is 9.53 Å². The maximum absolute atomic E-state index is 10.2. The Morgan fingerprint density at radius 1 is 1.55 bits per heavy atom. The summed E-state index contributed by atoms with van der Waals surface area (Å²) in [4.78, 5) is 10.2. The first-order valence-corrected chi connectivity index (χ1v) is 3.83. The summed E-state index contributed by atoms with van der Waals surface area (Å²) < 4.78 is 4.69. The Balaban J connectivity index is 3.22. The Hall–Kier alpha value is -0.770. The van der Waals surface area contributed by atoms with E-state index in [0.717, 1.165) is 19.3 Å². The van der Waals surface area contributed by atoms with Crippen molar-refractivity contribution in [2.24, 2.45) is 11.5 Å². The summed E-state index contributed by atoms with van der Waals surface area (Å²) in [5.41, 5.74) is 10.1. The summed E-state index contributed by atoms with van der Waals surface area (Å²) in [7, 11) is 0. The van der Waals surface area contributed by atoms with Gasteiger partial charge in [-0.15, -0.1) is 0 Å². The average Bonchev–Trinajstić information content (AvgIpc) is 1.86. The highest BCUT2D eigenvalue weighted by Gasteiger charge is 2.03. The van der Waals surface area contributed by atoms with E-state index >= 15 is 0 Å². The van der Waals surface area contributed by atoms with Gasteiger partial charge >= 0.3 is 6.09 Å². The van der Waals surface area contributed by atoms with Crippen LogP contribution in [0.5, 0.6) is 0 Å². The lowest BCUT2D eigenvalue weighted by Crippen LogP contribution is -2.20. The maximum atomic E-state index is 10.2. The van der Waals surface area contributed by atoms with Crippen LogP contribution in [0.1, 0.15) is 26.2 Å². The molecule has 0 heterocycles. The van der Waals surface area contributed by atoms with Crippen molar-refractivity contribution >= 4 is 6.09 Å². The first kappa shape index (κ1) is 10.2. The predicted molar refractivity (Wildman–Crippen MR) is 43.0 cm³/mol. The van der Waals surface area contributed by atoms with E-state index in [0.29, 0.717) is 6.54 Å². The van der Waals surface area contributed by atoms with Crippen molar-refractivity contribution in [2.75, 3.05) is 6.54 Å². The highest BCUT2D eigenvalue weighted by atomic mass is 16.6. The number of primary amides is 1. The first-order valence-electron chi connectivity index (χ1n) is 3.83. The van der Waals surface area contributed by atoms with E-state index in [1.54, 1.807) is 0 Å². The normalized spacial score (nSPS) is 12.5. The summed E-state index contributed by atoms with van der Waals surface area (Å²) in [6, 6.07) is 0. The minimum Gasteiger partial charge on any atom is -0.447 e. The molecule has 0 aliphatic rings. The van der Waals surface area contributed by atoms with E-state index < -0.39 is 6.09 Å². The van der Waals surface area contributed by atoms with Crippen LogP contribution in [-0.2, 0) is 4.74 Å². The Bertz CT molecular complexity index is 117. The van der Waals surface area contributed by atoms with Gasteiger partial charge in [0.2, 0.25) is 0 Å². The molecule has 0 unspecified atom stereocenters. The largest absolute Gasteiger partial charge is 0.447 e. The monoisotopic (exact) mass is 160 g/mol. The topological polar surface area (TPSA) is 78.3 Å². The fraction of sp³-hybridized carbons (Fsp3) is 0.857. The van der Waals surface area contributed by atoms with Crippen LogP contribution < -0.4 is 11.5 Å². The minimum atomic E-state index is -0.703. The standard InChI is InChI=1S/C7H16N2O2/c1-6(11-7(9)10)4-2-3-5-8/h6H,2-5,8H2,1H3,(H2,9,10)/t6-/m0/s1. The minimum absolute atomic E-state index is 0.0842. The number of hydrogen-bond acceptors (Lipinski definition) is 3. The second-order valence-electron chi connectivity index (χ2n) is 2.53. The molecule has 0 saturated carbocycles. The van der Waals surface area contributed by atoms with Gasteiger partial charge in [-0.2, -0.15) is 0 Å². The summed E-state index contributed by atoms with van der Waals surface area (Å²) in [5, 5.41) is 0. The van der Waals surface area contributed by atoms with Gasteiger partial charge in [-0.05, 0) is 32.7 Å². The van der Waals surface area contributed by atoms with Crippen LogP contribution in [0.3, 0.4) is 0 Å². The van der Waals surface area contributed by atoms with Crippen LogP contribution in [0, 0.1) is 0 Å². The molecule has 1 atom stereocenters. The molecule has 0 saturated heterocycles. The van der Waals surface area contributed by atoms with E-state index in [-0.39, 0.29) is 6.10 Å². The third-order valence-corrected chi connectivity index (χ3v) is 1.38. The number of rotatable bonds is 5. The summed E-state index contributed by atoms with van der Waals surface area (Å²) in [6.45, 7) is 2.50. The molecular formula is C7H16N2O2. The molecule has 0 radical (unpaired) electrons. The van der Waals surface area contributed by atoms with Crippen molar-refractivity contribution in [1.82, 2.24) is 0 Å². The van der Waals surface area contributed by atoms with Crippen molar-refractivity contribution in [3.05, 3.63) is 0 Å². The van der Waals surface area contributed by atoms with E-state index in [4.69, 9.17) is 16.2 Å². The molecule has 66 valence electrons. The Morgan fingerprint density at radius 3 is 2.64 bits per heavy atom. The quantitative estimate of drug-likeness (QED) is 0.578. The van der Waals surface area contributed by atoms with Gasteiger partial charge in [0.1, 0.15) is 6.10 Å². The van der Waals surface area contributed by atoms with E-state index in [1.807, 2.05) is 6.92 Å². The van der Waals surface area contributed by atoms with Gasteiger partial charge in [0.05, 0.1) is 0 Å². The molecule has 0 bridgehead atoms. The molecule has 4 heteroatoms. The molecule has 0 spiro atoms. The van der Waals surface area contributed by atoms with E-state index in [1.165, 1.54) is 0 Å². The van der Waals surface area contributed by atoms with Gasteiger partial charge < -0.3 is 16.2 Å². The molecule has 1 amide bonds. The maximum Gasteiger partial charge on any atom is 0.404 e. The molecular weight excluding hydrogens is 144 g/mol. The number of unbranched alkanes of at least 4 members (excludes halogenated alkanes) is 1. The molecule has 0 aliphatic heterocycles. The fourth-order valence-corrected chi connectivity index (χ4v) is 0.833. The molecule has 0 aliphatic carbocycles. The van der Waals surface area contributed by atoms with Crippen LogP contribution in [0.25, 0.3) is 0 Å². The lowest BCUT2D eigenvalue weighted by molar-refractivity contribution is 0.110. The van der Waals surface area contributed by atoms with Gasteiger partial charge in [0.15, 0.2) is 0 Å². The number of amides is 1. The second kappa shape index (κ2) is 5.97. The molecule has 0 aromatic carbocycles. The van der Waals surface area contributed by atoms with Crippen LogP contribution in [-0.4, -0.2) is 18.7 Å². The van der Waals surface area contributed by atoms with Crippen LogP contribution in [0.2, 0.25) is 0 Å². The molecule has 0 rings (SSSR count). The Kier molecular flexibility index (Phi) is 5.56. The first-order chi connectivity index (χ1) is 5.16. The summed E-state index contributed by atoms with van der Waals surface area (Å²) in [5.74, 6) is 0. The molecule has 11 heavy (non-hydrogen) atoms. The molecule has 0 fully saturated rings. The van der Waals surface area contributed by atoms with Crippen molar-refractivity contribution in [2.45, 2.75) is 32.3 Å². The number of nitrogens with two attached hydrogens (primary N) is 2. The van der Waals surface area contributed by atoms with Crippen molar-refractivity contribution in [1.29, 1.82) is 0 Å². The smallest absolute Gasteiger partial charge is 0.404 e. The zero-order valence-electron chi connectivity index (χ0n) is 6.88. The Labute approximate surface area is 66.9 Å². The average molecular weight is 160 g/mol. The van der Waals surface area contributed by atoms with Crippen LogP contribution in [0.4, 0.5) is 4.79 Å². The third-order valence-electron chi connectivity index (χ3n) is 1.38. The Morgan fingerprint density at radius 2 is 2.18 bits per heavy atom. The van der Waals surface area contributed by atoms with Gasteiger partial charge in [0.25, 0.3) is 0 Å². The SMILES string of the molecule is C[C@@H](CCCCN)OC(N)=O. The van der Waals surface area contributed by atoms with Crippen LogP contribution >= 0.6 is 0 Å². The van der Waals surface area contributed by atoms with Gasteiger partial charge in [-0.3, -0.25) is 0 Å². The number of ether oxygens (including phenoxy) is 1. The zero-order valence-corrected chi connectivity index (χ0v) is 6.88. The van der Waals surface area contributed by atoms with E-state index in [9.17, 15) is 4.79 Å². The molecule has 4 nitrogen and oxygen atoms in total. The highest BCUT2D eigenvalue weighted by Crippen LogP contribution is 2.02.